The van der Waals surface area contributed by atoms with Crippen molar-refractivity contribution >= 4 is 40.1 Å². The Morgan fingerprint density at radius 3 is 2.71 bits per heavy atom. The predicted molar refractivity (Wildman–Crippen MR) is 67.2 cm³/mol. The molecule has 2 rings (SSSR count). The molecule has 1 heterocycles. The third kappa shape index (κ3) is 2.13. The second-order valence-corrected chi connectivity index (χ2v) is 4.57. The van der Waals surface area contributed by atoms with Crippen molar-refractivity contribution in [3.8, 4) is 0 Å². The number of aromatic carboxylic acids is 1. The van der Waals surface area contributed by atoms with Gasteiger partial charge in [0.2, 0.25) is 5.76 Å². The topological polar surface area (TPSA) is 50.4 Å². The number of carboxylic acid groups (broad SMARTS) is 1. The Bertz CT molecular complexity index is 587. The van der Waals surface area contributed by atoms with E-state index < -0.39 is 5.97 Å². The predicted octanol–water partition coefficient (Wildman–Crippen LogP) is 4.39. The molecule has 0 amide bonds. The SMILES string of the molecule is CCCc1c(C(=O)O)oc2cc(Cl)cc(Cl)c12. The van der Waals surface area contributed by atoms with Crippen LogP contribution in [0, 0.1) is 0 Å². The number of fused-ring (bicyclic) bond motifs is 1. The van der Waals surface area contributed by atoms with Crippen molar-refractivity contribution < 1.29 is 14.3 Å². The van der Waals surface area contributed by atoms with Crippen LogP contribution < -0.4 is 0 Å². The van der Waals surface area contributed by atoms with Crippen LogP contribution in [0.3, 0.4) is 0 Å². The van der Waals surface area contributed by atoms with Crippen LogP contribution in [-0.2, 0) is 6.42 Å². The van der Waals surface area contributed by atoms with Gasteiger partial charge < -0.3 is 9.52 Å². The van der Waals surface area contributed by atoms with E-state index in [0.29, 0.717) is 33.0 Å². The number of benzene rings is 1. The van der Waals surface area contributed by atoms with E-state index in [1.807, 2.05) is 6.92 Å². The van der Waals surface area contributed by atoms with Gasteiger partial charge in [-0.2, -0.15) is 0 Å². The molecular formula is C12H10Cl2O3. The Balaban J connectivity index is 2.80. The van der Waals surface area contributed by atoms with Crippen molar-refractivity contribution in [2.75, 3.05) is 0 Å². The fourth-order valence-corrected chi connectivity index (χ4v) is 2.46. The first-order valence-electron chi connectivity index (χ1n) is 5.18. The number of hydrogen-bond donors (Lipinski definition) is 1. The zero-order chi connectivity index (χ0) is 12.6. The van der Waals surface area contributed by atoms with Gasteiger partial charge in [-0.1, -0.05) is 36.5 Å². The van der Waals surface area contributed by atoms with E-state index >= 15 is 0 Å². The molecule has 3 nitrogen and oxygen atoms in total. The van der Waals surface area contributed by atoms with E-state index in [9.17, 15) is 4.79 Å². The van der Waals surface area contributed by atoms with Gasteiger partial charge in [-0.3, -0.25) is 0 Å². The fraction of sp³-hybridized carbons (Fsp3) is 0.250. The molecule has 1 N–H and O–H groups in total. The molecule has 1 aromatic carbocycles. The summed E-state index contributed by atoms with van der Waals surface area (Å²) in [6.45, 7) is 1.97. The highest BCUT2D eigenvalue weighted by atomic mass is 35.5. The lowest BCUT2D eigenvalue weighted by atomic mass is 10.1. The van der Waals surface area contributed by atoms with Crippen LogP contribution in [-0.4, -0.2) is 11.1 Å². The number of halogens is 2. The number of furan rings is 1. The number of aryl methyl sites for hydroxylation is 1. The summed E-state index contributed by atoms with van der Waals surface area (Å²) in [6.07, 6.45) is 1.42. The van der Waals surface area contributed by atoms with E-state index in [1.165, 1.54) is 0 Å². The normalized spacial score (nSPS) is 11.0. The smallest absolute Gasteiger partial charge is 0.372 e. The number of carbonyl (C=O) groups is 1. The highest BCUT2D eigenvalue weighted by molar-refractivity contribution is 6.38. The zero-order valence-corrected chi connectivity index (χ0v) is 10.6. The summed E-state index contributed by atoms with van der Waals surface area (Å²) in [5, 5.41) is 10.6. The molecule has 0 fully saturated rings. The molecule has 5 heteroatoms. The van der Waals surface area contributed by atoms with Gasteiger partial charge in [0, 0.05) is 22.0 Å². The Kier molecular flexibility index (Phi) is 3.31. The van der Waals surface area contributed by atoms with Crippen molar-refractivity contribution in [1.29, 1.82) is 0 Å². The summed E-state index contributed by atoms with van der Waals surface area (Å²) in [5.74, 6) is -1.14. The highest BCUT2D eigenvalue weighted by Crippen LogP contribution is 2.35. The minimum Gasteiger partial charge on any atom is -0.475 e. The van der Waals surface area contributed by atoms with Crippen LogP contribution in [0.1, 0.15) is 29.5 Å². The third-order valence-corrected chi connectivity index (χ3v) is 3.02. The van der Waals surface area contributed by atoms with Crippen LogP contribution in [0.2, 0.25) is 10.0 Å². The van der Waals surface area contributed by atoms with E-state index in [2.05, 4.69) is 0 Å². The molecule has 2 aromatic rings. The van der Waals surface area contributed by atoms with E-state index in [0.717, 1.165) is 6.42 Å². The first kappa shape index (κ1) is 12.3. The van der Waals surface area contributed by atoms with Crippen molar-refractivity contribution in [2.45, 2.75) is 19.8 Å². The molecule has 90 valence electrons. The van der Waals surface area contributed by atoms with Crippen molar-refractivity contribution in [3.63, 3.8) is 0 Å². The second kappa shape index (κ2) is 4.59. The number of hydrogen-bond acceptors (Lipinski definition) is 2. The summed E-state index contributed by atoms with van der Waals surface area (Å²) >= 11 is 11.9. The standard InChI is InChI=1S/C12H10Cl2O3/c1-2-3-7-10-8(14)4-6(13)5-9(10)17-11(7)12(15)16/h4-5H,2-3H2,1H3,(H,15,16). The van der Waals surface area contributed by atoms with Gasteiger partial charge in [-0.15, -0.1) is 0 Å². The van der Waals surface area contributed by atoms with Gasteiger partial charge >= 0.3 is 5.97 Å². The monoisotopic (exact) mass is 272 g/mol. The maximum atomic E-state index is 11.1. The van der Waals surface area contributed by atoms with Crippen molar-refractivity contribution in [3.05, 3.63) is 33.5 Å². The summed E-state index contributed by atoms with van der Waals surface area (Å²) < 4.78 is 5.31. The van der Waals surface area contributed by atoms with Crippen molar-refractivity contribution in [1.82, 2.24) is 0 Å². The van der Waals surface area contributed by atoms with Crippen LogP contribution >= 0.6 is 23.2 Å². The van der Waals surface area contributed by atoms with Gasteiger partial charge in [-0.25, -0.2) is 4.79 Å². The van der Waals surface area contributed by atoms with Gasteiger partial charge in [0.15, 0.2) is 0 Å². The van der Waals surface area contributed by atoms with E-state index in [-0.39, 0.29) is 5.76 Å². The quantitative estimate of drug-likeness (QED) is 0.902. The Labute approximate surface area is 108 Å². The Morgan fingerprint density at radius 2 is 2.12 bits per heavy atom. The van der Waals surface area contributed by atoms with Crippen LogP contribution in [0.5, 0.6) is 0 Å². The molecule has 0 aliphatic carbocycles. The van der Waals surface area contributed by atoms with Crippen LogP contribution in [0.15, 0.2) is 16.5 Å². The lowest BCUT2D eigenvalue weighted by molar-refractivity contribution is 0.0663. The molecule has 0 saturated carbocycles. The summed E-state index contributed by atoms with van der Waals surface area (Å²) in [4.78, 5) is 11.1. The largest absolute Gasteiger partial charge is 0.475 e. The minimum atomic E-state index is -1.09. The van der Waals surface area contributed by atoms with Crippen molar-refractivity contribution in [2.24, 2.45) is 0 Å². The first-order valence-corrected chi connectivity index (χ1v) is 5.94. The molecule has 1 aromatic heterocycles. The first-order chi connectivity index (χ1) is 8.04. The summed E-state index contributed by atoms with van der Waals surface area (Å²) in [5.41, 5.74) is 1.06. The molecule has 0 radical (unpaired) electrons. The Morgan fingerprint density at radius 1 is 1.41 bits per heavy atom. The van der Waals surface area contributed by atoms with Crippen LogP contribution in [0.4, 0.5) is 0 Å². The molecule has 0 aliphatic heterocycles. The van der Waals surface area contributed by atoms with Gasteiger partial charge in [0.05, 0.1) is 5.02 Å². The molecule has 0 saturated heterocycles. The average Bonchev–Trinajstić information content (AvgIpc) is 2.57. The lowest BCUT2D eigenvalue weighted by Gasteiger charge is -1.99. The second-order valence-electron chi connectivity index (χ2n) is 3.73. The molecule has 0 aliphatic rings. The molecule has 0 unspecified atom stereocenters. The molecule has 17 heavy (non-hydrogen) atoms. The maximum absolute atomic E-state index is 11.1. The maximum Gasteiger partial charge on any atom is 0.372 e. The van der Waals surface area contributed by atoms with Gasteiger partial charge in [0.1, 0.15) is 5.58 Å². The third-order valence-electron chi connectivity index (χ3n) is 2.50. The van der Waals surface area contributed by atoms with Gasteiger partial charge in [-0.05, 0) is 12.5 Å². The zero-order valence-electron chi connectivity index (χ0n) is 9.09. The summed E-state index contributed by atoms with van der Waals surface area (Å²) in [7, 11) is 0. The molecule has 0 atom stereocenters. The highest BCUT2D eigenvalue weighted by Gasteiger charge is 2.21. The molecular weight excluding hydrogens is 263 g/mol. The van der Waals surface area contributed by atoms with E-state index in [4.69, 9.17) is 32.7 Å². The Hall–Kier alpha value is -1.19. The van der Waals surface area contributed by atoms with Gasteiger partial charge in [0.25, 0.3) is 0 Å². The number of rotatable bonds is 3. The lowest BCUT2D eigenvalue weighted by Crippen LogP contribution is -1.98. The molecule has 0 bridgehead atoms. The number of carboxylic acids is 1. The van der Waals surface area contributed by atoms with E-state index in [1.54, 1.807) is 12.1 Å². The molecule has 0 spiro atoms. The fourth-order valence-electron chi connectivity index (χ4n) is 1.87. The summed E-state index contributed by atoms with van der Waals surface area (Å²) in [6, 6.07) is 3.17. The van der Waals surface area contributed by atoms with Crippen LogP contribution in [0.25, 0.3) is 11.0 Å². The average molecular weight is 273 g/mol. The minimum absolute atomic E-state index is 0.0500.